The molecule has 2 saturated carbocycles. The SMILES string of the molecule is C/C=C(/C)C(=O)OCC1=C[C@@H]2C(=O)C3(C=C(C)C(O)C3(O)C1O)[C@H](C)C[C@]1(OC(=O)CCC)[C@H]2C1(C)C. The average molecular weight is 517 g/mol. The molecule has 2 fully saturated rings. The van der Waals surface area contributed by atoms with Crippen LogP contribution in [0.4, 0.5) is 0 Å². The standard InChI is InChI=1S/C29H40O8/c1-8-10-20(30)37-28-13-17(5)27-12-16(4)22(31)29(27,35)23(32)18(14-36-25(34)15(3)9-2)11-19(24(27)33)21(28)26(28,6)7/h9,11-12,17,19,21-23,31-32,35H,8,10,13-14H2,1-7H3/b15-9-/t17-,19+,21-,22?,23?,27?,28+,29?/m1/s1. The van der Waals surface area contributed by atoms with E-state index in [1.807, 2.05) is 20.8 Å². The first kappa shape index (κ1) is 27.7. The van der Waals surface area contributed by atoms with Crippen molar-refractivity contribution in [3.8, 4) is 0 Å². The maximum absolute atomic E-state index is 14.5. The molecule has 0 amide bonds. The number of carbonyl (C=O) groups is 3. The molecule has 0 heterocycles. The van der Waals surface area contributed by atoms with E-state index in [2.05, 4.69) is 0 Å². The van der Waals surface area contributed by atoms with Gasteiger partial charge in [0.05, 0.1) is 5.41 Å². The lowest BCUT2D eigenvalue weighted by molar-refractivity contribution is -0.192. The van der Waals surface area contributed by atoms with Crippen molar-refractivity contribution < 1.29 is 39.2 Å². The molecule has 204 valence electrons. The molecule has 0 aromatic rings. The van der Waals surface area contributed by atoms with Gasteiger partial charge in [0.2, 0.25) is 0 Å². The minimum atomic E-state index is -2.27. The molecule has 1 spiro atoms. The molecule has 0 saturated heterocycles. The van der Waals surface area contributed by atoms with Crippen molar-refractivity contribution in [3.05, 3.63) is 34.9 Å². The molecule has 4 unspecified atom stereocenters. The lowest BCUT2D eigenvalue weighted by atomic mass is 9.59. The van der Waals surface area contributed by atoms with Crippen LogP contribution in [0.25, 0.3) is 0 Å². The first-order valence-electron chi connectivity index (χ1n) is 13.2. The Morgan fingerprint density at radius 3 is 2.46 bits per heavy atom. The predicted molar refractivity (Wildman–Crippen MR) is 135 cm³/mol. The quantitative estimate of drug-likeness (QED) is 0.279. The van der Waals surface area contributed by atoms with E-state index in [0.29, 0.717) is 24.0 Å². The van der Waals surface area contributed by atoms with Gasteiger partial charge >= 0.3 is 11.9 Å². The van der Waals surface area contributed by atoms with Gasteiger partial charge in [-0.1, -0.05) is 45.9 Å². The van der Waals surface area contributed by atoms with Gasteiger partial charge in [0.15, 0.2) is 5.78 Å². The molecular formula is C29H40O8. The number of hydrogen-bond donors (Lipinski definition) is 3. The summed E-state index contributed by atoms with van der Waals surface area (Å²) in [5, 5.41) is 35.0. The second-order valence-corrected chi connectivity index (χ2v) is 12.0. The van der Waals surface area contributed by atoms with Crippen LogP contribution in [0.1, 0.15) is 67.7 Å². The van der Waals surface area contributed by atoms with Crippen LogP contribution in [-0.2, 0) is 23.9 Å². The molecule has 37 heavy (non-hydrogen) atoms. The number of allylic oxidation sites excluding steroid dienone is 2. The number of ether oxygens (including phenoxy) is 2. The maximum atomic E-state index is 14.5. The summed E-state index contributed by atoms with van der Waals surface area (Å²) in [6.45, 7) is 12.2. The Morgan fingerprint density at radius 2 is 1.86 bits per heavy atom. The minimum Gasteiger partial charge on any atom is -0.458 e. The molecule has 8 nitrogen and oxygen atoms in total. The summed E-state index contributed by atoms with van der Waals surface area (Å²) < 4.78 is 11.6. The molecule has 0 aromatic carbocycles. The fourth-order valence-electron chi connectivity index (χ4n) is 7.56. The summed E-state index contributed by atoms with van der Waals surface area (Å²) in [6, 6.07) is 0. The fourth-order valence-corrected chi connectivity index (χ4v) is 7.56. The lowest BCUT2D eigenvalue weighted by Crippen LogP contribution is -2.65. The average Bonchev–Trinajstić information content (AvgIpc) is 3.25. The van der Waals surface area contributed by atoms with E-state index in [4.69, 9.17) is 9.47 Å². The highest BCUT2D eigenvalue weighted by Gasteiger charge is 2.83. The largest absolute Gasteiger partial charge is 0.458 e. The number of rotatable bonds is 6. The topological polar surface area (TPSA) is 130 Å². The normalized spacial score (nSPS) is 41.9. The van der Waals surface area contributed by atoms with Crippen molar-refractivity contribution in [3.63, 3.8) is 0 Å². The van der Waals surface area contributed by atoms with E-state index in [1.165, 1.54) is 0 Å². The minimum absolute atomic E-state index is 0.146. The van der Waals surface area contributed by atoms with E-state index in [9.17, 15) is 29.7 Å². The zero-order valence-corrected chi connectivity index (χ0v) is 22.8. The second-order valence-electron chi connectivity index (χ2n) is 12.0. The van der Waals surface area contributed by atoms with E-state index in [1.54, 1.807) is 45.9 Å². The lowest BCUT2D eigenvalue weighted by Gasteiger charge is -2.48. The van der Waals surface area contributed by atoms with Gasteiger partial charge in [-0.3, -0.25) is 9.59 Å². The number of fused-ring (bicyclic) bond motifs is 3. The Morgan fingerprint density at radius 1 is 1.22 bits per heavy atom. The highest BCUT2D eigenvalue weighted by Crippen LogP contribution is 2.75. The van der Waals surface area contributed by atoms with Crippen LogP contribution in [-0.4, -0.2) is 63.1 Å². The number of aliphatic hydroxyl groups excluding tert-OH is 2. The van der Waals surface area contributed by atoms with E-state index in [0.717, 1.165) is 0 Å². The van der Waals surface area contributed by atoms with E-state index < -0.39 is 58.0 Å². The first-order chi connectivity index (χ1) is 17.2. The van der Waals surface area contributed by atoms with Crippen LogP contribution in [0.15, 0.2) is 34.9 Å². The van der Waals surface area contributed by atoms with Crippen molar-refractivity contribution in [1.82, 2.24) is 0 Å². The van der Waals surface area contributed by atoms with Crippen molar-refractivity contribution in [2.24, 2.45) is 28.6 Å². The second kappa shape index (κ2) is 8.89. The van der Waals surface area contributed by atoms with Gasteiger partial charge in [-0.15, -0.1) is 0 Å². The Hall–Kier alpha value is -2.29. The summed E-state index contributed by atoms with van der Waals surface area (Å²) >= 11 is 0. The molecule has 8 heteroatoms. The molecule has 4 rings (SSSR count). The van der Waals surface area contributed by atoms with Crippen LogP contribution in [0.2, 0.25) is 0 Å². The van der Waals surface area contributed by atoms with Crippen LogP contribution >= 0.6 is 0 Å². The number of Topliss-reactive ketones (excluding diaryl/α,β-unsaturated/α-hetero) is 1. The van der Waals surface area contributed by atoms with Gasteiger partial charge in [-0.05, 0) is 50.7 Å². The first-order valence-corrected chi connectivity index (χ1v) is 13.2. The smallest absolute Gasteiger partial charge is 0.333 e. The highest BCUT2D eigenvalue weighted by atomic mass is 16.6. The zero-order chi connectivity index (χ0) is 27.7. The van der Waals surface area contributed by atoms with Crippen LogP contribution < -0.4 is 0 Å². The molecule has 3 N–H and O–H groups in total. The molecule has 4 aliphatic carbocycles. The third-order valence-corrected chi connectivity index (χ3v) is 9.75. The number of ketones is 1. The van der Waals surface area contributed by atoms with Crippen molar-refractivity contribution in [1.29, 1.82) is 0 Å². The molecule has 0 aromatic heterocycles. The summed E-state index contributed by atoms with van der Waals surface area (Å²) in [5.74, 6) is -3.05. The van der Waals surface area contributed by atoms with Crippen molar-refractivity contribution >= 4 is 17.7 Å². The maximum Gasteiger partial charge on any atom is 0.333 e. The summed E-state index contributed by atoms with van der Waals surface area (Å²) in [5.41, 5.74) is -4.47. The number of esters is 2. The number of aliphatic hydroxyl groups is 3. The summed E-state index contributed by atoms with van der Waals surface area (Å²) in [6.07, 6.45) is 2.80. The third kappa shape index (κ3) is 3.48. The van der Waals surface area contributed by atoms with Gasteiger partial charge in [-0.25, -0.2) is 4.79 Å². The Labute approximate surface area is 218 Å². The molecule has 0 radical (unpaired) electrons. The van der Waals surface area contributed by atoms with Gasteiger partial charge < -0.3 is 24.8 Å². The summed E-state index contributed by atoms with van der Waals surface area (Å²) in [4.78, 5) is 39.6. The van der Waals surface area contributed by atoms with E-state index >= 15 is 0 Å². The molecule has 8 atom stereocenters. The Bertz CT molecular complexity index is 1110. The fraction of sp³-hybridized carbons (Fsp3) is 0.690. The molecular weight excluding hydrogens is 476 g/mol. The van der Waals surface area contributed by atoms with E-state index in [-0.39, 0.29) is 30.4 Å². The van der Waals surface area contributed by atoms with Crippen LogP contribution in [0, 0.1) is 28.6 Å². The Balaban J connectivity index is 1.88. The number of hydrogen-bond acceptors (Lipinski definition) is 8. The van der Waals surface area contributed by atoms with Crippen molar-refractivity contribution in [2.45, 2.75) is 91.1 Å². The van der Waals surface area contributed by atoms with Crippen LogP contribution in [0.3, 0.4) is 0 Å². The van der Waals surface area contributed by atoms with Gasteiger partial charge in [0.25, 0.3) is 0 Å². The molecule has 2 bridgehead atoms. The third-order valence-electron chi connectivity index (χ3n) is 9.75. The highest BCUT2D eigenvalue weighted by molar-refractivity contribution is 5.96. The molecule has 4 aliphatic rings. The van der Waals surface area contributed by atoms with Gasteiger partial charge in [0.1, 0.15) is 30.0 Å². The zero-order valence-electron chi connectivity index (χ0n) is 22.8. The van der Waals surface area contributed by atoms with Gasteiger partial charge in [0, 0.05) is 29.2 Å². The predicted octanol–water partition coefficient (Wildman–Crippen LogP) is 2.80. The van der Waals surface area contributed by atoms with Gasteiger partial charge in [-0.2, -0.15) is 0 Å². The van der Waals surface area contributed by atoms with Crippen LogP contribution in [0.5, 0.6) is 0 Å². The Kier molecular flexibility index (Phi) is 6.66. The molecule has 0 aliphatic heterocycles. The monoisotopic (exact) mass is 516 g/mol. The number of carbonyl (C=O) groups excluding carboxylic acids is 3. The summed E-state index contributed by atoms with van der Waals surface area (Å²) in [7, 11) is 0. The van der Waals surface area contributed by atoms with Crippen molar-refractivity contribution in [2.75, 3.05) is 6.61 Å².